The van der Waals surface area contributed by atoms with E-state index >= 15 is 0 Å². The minimum absolute atomic E-state index is 0. The summed E-state index contributed by atoms with van der Waals surface area (Å²) in [5.41, 5.74) is 3.09. The largest absolute Gasteiger partial charge is 1.00 e. The minimum Gasteiger partial charge on any atom is -0.744 e. The first kappa shape index (κ1) is 24.6. The van der Waals surface area contributed by atoms with Gasteiger partial charge in [-0.15, -0.1) is 0 Å². The molecule has 4 rings (SSSR count). The molecule has 0 aromatic heterocycles. The third-order valence-electron chi connectivity index (χ3n) is 4.95. The van der Waals surface area contributed by atoms with Crippen molar-refractivity contribution in [3.63, 3.8) is 0 Å². The molecule has 0 saturated carbocycles. The van der Waals surface area contributed by atoms with Crippen molar-refractivity contribution >= 4 is 44.7 Å². The van der Waals surface area contributed by atoms with E-state index < -0.39 is 55.2 Å². The van der Waals surface area contributed by atoms with Crippen LogP contribution in [-0.4, -0.2) is 35.6 Å². The quantitative estimate of drug-likeness (QED) is 0.200. The summed E-state index contributed by atoms with van der Waals surface area (Å²) < 4.78 is 49.2. The number of aromatic carboxylic acids is 1. The topological polar surface area (TPSA) is 167 Å². The van der Waals surface area contributed by atoms with Gasteiger partial charge in [0.05, 0.1) is 38.6 Å². The minimum atomic E-state index is -5.20. The summed E-state index contributed by atoms with van der Waals surface area (Å²) in [7, 11) is -5.20. The molecule has 162 valence electrons. The Labute approximate surface area is 208 Å². The van der Waals surface area contributed by atoms with Gasteiger partial charge >= 0.3 is 35.5 Å². The number of anilines is 3. The Morgan fingerprint density at radius 1 is 0.970 bits per heavy atom. The number of carbonyl (C=O) groups excluding carboxylic acids is 2. The van der Waals surface area contributed by atoms with Crippen LogP contribution in [0.4, 0.5) is 21.5 Å². The van der Waals surface area contributed by atoms with Gasteiger partial charge in [-0.2, -0.15) is 0 Å². The summed E-state index contributed by atoms with van der Waals surface area (Å²) in [6.45, 7) is 0. The predicted octanol–water partition coefficient (Wildman–Crippen LogP) is -0.467. The third-order valence-corrected chi connectivity index (χ3v) is 5.83. The average Bonchev–Trinajstić information content (AvgIpc) is 2.72. The second-order valence-corrected chi connectivity index (χ2v) is 8.21. The summed E-state index contributed by atoms with van der Waals surface area (Å²) in [6, 6.07) is 9.11. The first-order valence-electron chi connectivity index (χ1n) is 8.91. The van der Waals surface area contributed by atoms with Crippen LogP contribution in [0.1, 0.15) is 42.2 Å². The van der Waals surface area contributed by atoms with Gasteiger partial charge < -0.3 is 20.7 Å². The van der Waals surface area contributed by atoms with Gasteiger partial charge in [0.2, 0.25) is 0 Å². The number of fused-ring (bicyclic) bond motifs is 2. The fourth-order valence-electron chi connectivity index (χ4n) is 3.55. The zero-order valence-corrected chi connectivity index (χ0v) is 19.7. The van der Waals surface area contributed by atoms with E-state index in [0.29, 0.717) is 0 Å². The van der Waals surface area contributed by atoms with E-state index in [1.807, 2.05) is 0 Å². The van der Waals surface area contributed by atoms with E-state index in [4.69, 9.17) is 5.73 Å². The fraction of sp³-hybridized carbons (Fsp3) is 0. The third kappa shape index (κ3) is 4.16. The second-order valence-electron chi connectivity index (χ2n) is 6.86. The number of benzene rings is 3. The van der Waals surface area contributed by atoms with Crippen molar-refractivity contribution in [2.45, 2.75) is 4.90 Å². The summed E-state index contributed by atoms with van der Waals surface area (Å²) in [5, 5.41) is 11.9. The zero-order valence-electron chi connectivity index (χ0n) is 16.9. The molecule has 4 N–H and O–H groups in total. The molecular formula is C21H12FN2NaO7S. The molecule has 0 heterocycles. The molecule has 0 fully saturated rings. The first-order valence-corrected chi connectivity index (χ1v) is 10.3. The Bertz CT molecular complexity index is 1470. The molecule has 3 aromatic carbocycles. The van der Waals surface area contributed by atoms with Crippen molar-refractivity contribution in [1.29, 1.82) is 0 Å². The van der Waals surface area contributed by atoms with Crippen LogP contribution < -0.4 is 40.6 Å². The second kappa shape index (κ2) is 8.69. The van der Waals surface area contributed by atoms with Crippen LogP contribution in [0.3, 0.4) is 0 Å². The molecule has 3 aromatic rings. The fourth-order valence-corrected chi connectivity index (χ4v) is 4.18. The van der Waals surface area contributed by atoms with Crippen LogP contribution in [0.2, 0.25) is 0 Å². The van der Waals surface area contributed by atoms with Crippen LogP contribution in [0.25, 0.3) is 0 Å². The van der Waals surface area contributed by atoms with Crippen molar-refractivity contribution in [3.8, 4) is 0 Å². The van der Waals surface area contributed by atoms with E-state index in [1.165, 1.54) is 24.3 Å². The van der Waals surface area contributed by atoms with Gasteiger partial charge in [-0.3, -0.25) is 9.59 Å². The zero-order chi connectivity index (χ0) is 23.4. The van der Waals surface area contributed by atoms with Crippen LogP contribution >= 0.6 is 0 Å². The molecule has 0 radical (unpaired) electrons. The molecule has 0 saturated heterocycles. The number of hydrogen-bond donors (Lipinski definition) is 3. The van der Waals surface area contributed by atoms with Crippen molar-refractivity contribution in [1.82, 2.24) is 0 Å². The summed E-state index contributed by atoms with van der Waals surface area (Å²) in [4.78, 5) is 36.8. The molecule has 33 heavy (non-hydrogen) atoms. The van der Waals surface area contributed by atoms with Crippen molar-refractivity contribution in [3.05, 3.63) is 82.2 Å². The molecule has 12 heteroatoms. The van der Waals surface area contributed by atoms with Crippen molar-refractivity contribution < 1.29 is 66.4 Å². The maximum atomic E-state index is 13.8. The summed E-state index contributed by atoms with van der Waals surface area (Å²) >= 11 is 0. The summed E-state index contributed by atoms with van der Waals surface area (Å²) in [6.07, 6.45) is 0. The molecule has 1 aliphatic rings. The van der Waals surface area contributed by atoms with E-state index in [0.717, 1.165) is 24.3 Å². The first-order chi connectivity index (χ1) is 15.0. The maximum Gasteiger partial charge on any atom is 1.00 e. The Morgan fingerprint density at radius 3 is 2.09 bits per heavy atom. The van der Waals surface area contributed by atoms with Crippen LogP contribution in [-0.2, 0) is 10.1 Å². The van der Waals surface area contributed by atoms with E-state index in [2.05, 4.69) is 5.32 Å². The van der Waals surface area contributed by atoms with Crippen LogP contribution in [0, 0.1) is 5.82 Å². The number of carboxylic acid groups (broad SMARTS) is 1. The van der Waals surface area contributed by atoms with E-state index in [1.54, 1.807) is 0 Å². The van der Waals surface area contributed by atoms with Crippen molar-refractivity contribution in [2.75, 3.05) is 11.1 Å². The molecule has 1 aliphatic carbocycles. The molecular weight excluding hydrogens is 466 g/mol. The molecule has 0 atom stereocenters. The van der Waals surface area contributed by atoms with Gasteiger partial charge in [-0.25, -0.2) is 17.6 Å². The number of nitrogens with one attached hydrogen (secondary N) is 1. The van der Waals surface area contributed by atoms with Gasteiger partial charge in [0.15, 0.2) is 11.6 Å². The molecule has 0 bridgehead atoms. The Morgan fingerprint density at radius 2 is 1.55 bits per heavy atom. The van der Waals surface area contributed by atoms with Gasteiger partial charge in [0, 0.05) is 11.1 Å². The van der Waals surface area contributed by atoms with Crippen LogP contribution in [0.5, 0.6) is 0 Å². The Kier molecular flexibility index (Phi) is 6.46. The normalized spacial score (nSPS) is 12.4. The van der Waals surface area contributed by atoms with Gasteiger partial charge in [0.25, 0.3) is 0 Å². The molecule has 9 nitrogen and oxygen atoms in total. The number of hydrogen-bond acceptors (Lipinski definition) is 8. The Balaban J connectivity index is 0.00000306. The standard InChI is InChI=1S/C21H13FN2O7S.Na/c22-9-5-6-12(21(27)28)13(7-9)24-14-8-15(32(29,30)31)18(23)17-16(14)19(25)10-3-1-2-4-11(10)20(17)26;/h1-8,24H,23H2,(H,27,28)(H,29,30,31);/q;+1/p-1. The number of nitrogen functional groups attached to an aromatic ring is 1. The summed E-state index contributed by atoms with van der Waals surface area (Å²) in [5.74, 6) is -3.78. The average molecular weight is 478 g/mol. The number of halogens is 1. The molecule has 0 amide bonds. The van der Waals surface area contributed by atoms with Gasteiger partial charge in [-0.1, -0.05) is 24.3 Å². The molecule has 0 spiro atoms. The number of carboxylic acids is 1. The molecule has 0 unspecified atom stereocenters. The molecule has 0 aliphatic heterocycles. The van der Waals surface area contributed by atoms with Crippen molar-refractivity contribution in [2.24, 2.45) is 0 Å². The van der Waals surface area contributed by atoms with Crippen LogP contribution in [0.15, 0.2) is 53.4 Å². The SMILES string of the molecule is Nc1c(S(=O)(=O)[O-])cc(Nc2cc(F)ccc2C(=O)O)c2c1C(=O)c1ccccc1C2=O.[Na+]. The number of rotatable bonds is 4. The van der Waals surface area contributed by atoms with E-state index in [-0.39, 0.29) is 57.6 Å². The number of ketones is 2. The number of carbonyl (C=O) groups is 3. The Hall–Kier alpha value is -3.09. The maximum absolute atomic E-state index is 13.8. The smallest absolute Gasteiger partial charge is 0.744 e. The van der Waals surface area contributed by atoms with Gasteiger partial charge in [-0.05, 0) is 24.3 Å². The predicted molar refractivity (Wildman–Crippen MR) is 109 cm³/mol. The monoisotopic (exact) mass is 478 g/mol. The number of nitrogens with two attached hydrogens (primary N) is 1. The van der Waals surface area contributed by atoms with Gasteiger partial charge in [0.1, 0.15) is 15.9 Å². The van der Waals surface area contributed by atoms with E-state index in [9.17, 15) is 36.9 Å².